The van der Waals surface area contributed by atoms with Gasteiger partial charge >= 0.3 is 0 Å². The van der Waals surface area contributed by atoms with Gasteiger partial charge in [-0.2, -0.15) is 0 Å². The molecule has 2 rings (SSSR count). The third-order valence-corrected chi connectivity index (χ3v) is 5.63. The summed E-state index contributed by atoms with van der Waals surface area (Å²) in [6.45, 7) is 5.61. The van der Waals surface area contributed by atoms with E-state index in [4.69, 9.17) is 0 Å². The highest BCUT2D eigenvalue weighted by molar-refractivity contribution is 7.89. The Kier molecular flexibility index (Phi) is 6.26. The number of hydrogen-bond acceptors (Lipinski definition) is 4. The molecule has 0 atom stereocenters. The Morgan fingerprint density at radius 3 is 2.00 bits per heavy atom. The lowest BCUT2D eigenvalue weighted by molar-refractivity contribution is 0.0920. The van der Waals surface area contributed by atoms with Gasteiger partial charge in [0.25, 0.3) is 11.8 Å². The normalized spacial score (nSPS) is 11.9. The van der Waals surface area contributed by atoms with Crippen molar-refractivity contribution in [3.63, 3.8) is 0 Å². The number of nitrogens with zero attached hydrogens (tertiary/aromatic N) is 1. The van der Waals surface area contributed by atoms with Gasteiger partial charge in [0.05, 0.1) is 16.1 Å². The van der Waals surface area contributed by atoms with Crippen molar-refractivity contribution in [2.24, 2.45) is 0 Å². The molecule has 0 bridgehead atoms. The van der Waals surface area contributed by atoms with E-state index in [1.165, 1.54) is 38.4 Å². The van der Waals surface area contributed by atoms with Crippen LogP contribution in [0.5, 0.6) is 0 Å². The molecule has 2 N–H and O–H groups in total. The van der Waals surface area contributed by atoms with Crippen LogP contribution in [0.3, 0.4) is 0 Å². The largest absolute Gasteiger partial charge is 0.347 e. The number of hydrogen-bond donors (Lipinski definition) is 2. The fourth-order valence-corrected chi connectivity index (χ4v) is 3.28. The van der Waals surface area contributed by atoms with Crippen LogP contribution in [0.15, 0.2) is 53.4 Å². The van der Waals surface area contributed by atoms with Crippen LogP contribution < -0.4 is 10.6 Å². The molecule has 8 heteroatoms. The highest BCUT2D eigenvalue weighted by Crippen LogP contribution is 2.19. The van der Waals surface area contributed by atoms with Crippen LogP contribution in [0, 0.1) is 0 Å². The monoisotopic (exact) mass is 403 g/mol. The predicted molar refractivity (Wildman–Crippen MR) is 109 cm³/mol. The predicted octanol–water partition coefficient (Wildman–Crippen LogP) is 2.72. The van der Waals surface area contributed by atoms with Gasteiger partial charge in [-0.15, -0.1) is 0 Å². The van der Waals surface area contributed by atoms with Gasteiger partial charge in [0.2, 0.25) is 10.0 Å². The number of carbonyl (C=O) groups excluding carboxylic acids is 2. The van der Waals surface area contributed by atoms with Crippen molar-refractivity contribution in [1.29, 1.82) is 0 Å². The quantitative estimate of drug-likeness (QED) is 0.802. The summed E-state index contributed by atoms with van der Waals surface area (Å²) in [4.78, 5) is 25.1. The van der Waals surface area contributed by atoms with Crippen LogP contribution in [-0.4, -0.2) is 44.2 Å². The molecule has 2 aromatic carbocycles. The number of sulfonamides is 1. The van der Waals surface area contributed by atoms with E-state index in [0.29, 0.717) is 11.3 Å². The number of anilines is 1. The minimum absolute atomic E-state index is 0.0963. The third kappa shape index (κ3) is 5.17. The van der Waals surface area contributed by atoms with E-state index >= 15 is 0 Å². The van der Waals surface area contributed by atoms with Gasteiger partial charge in [-0.3, -0.25) is 9.59 Å². The zero-order valence-corrected chi connectivity index (χ0v) is 17.4. The highest BCUT2D eigenvalue weighted by atomic mass is 32.2. The maximum atomic E-state index is 12.6. The van der Waals surface area contributed by atoms with Crippen LogP contribution in [0.4, 0.5) is 5.69 Å². The lowest BCUT2D eigenvalue weighted by atomic mass is 10.1. The van der Waals surface area contributed by atoms with E-state index in [2.05, 4.69) is 10.6 Å². The van der Waals surface area contributed by atoms with Gasteiger partial charge in [0.1, 0.15) is 0 Å². The molecule has 7 nitrogen and oxygen atoms in total. The van der Waals surface area contributed by atoms with Crippen molar-refractivity contribution in [3.8, 4) is 0 Å². The number of para-hydroxylation sites is 1. The molecule has 150 valence electrons. The minimum Gasteiger partial charge on any atom is -0.347 e. The van der Waals surface area contributed by atoms with Crippen LogP contribution >= 0.6 is 0 Å². The standard InChI is InChI=1S/C20H25N3O4S/c1-20(2,3)22-19(25)16-8-6-7-9-17(16)21-18(24)14-10-12-15(13-11-14)28(26,27)23(4)5/h6-13H,1-5H3,(H,21,24)(H,22,25). The minimum atomic E-state index is -3.56. The Hall–Kier alpha value is -2.71. The topological polar surface area (TPSA) is 95.6 Å². The summed E-state index contributed by atoms with van der Waals surface area (Å²) in [6, 6.07) is 12.3. The van der Waals surface area contributed by atoms with Crippen LogP contribution in [0.2, 0.25) is 0 Å². The number of carbonyl (C=O) groups is 2. The molecule has 0 radical (unpaired) electrons. The molecule has 2 aromatic rings. The number of benzene rings is 2. The second-order valence-electron chi connectivity index (χ2n) is 7.52. The fraction of sp³-hybridized carbons (Fsp3) is 0.300. The van der Waals surface area contributed by atoms with Crippen LogP contribution in [0.25, 0.3) is 0 Å². The Balaban J connectivity index is 2.23. The second-order valence-corrected chi connectivity index (χ2v) is 9.67. The van der Waals surface area contributed by atoms with E-state index in [1.807, 2.05) is 20.8 Å². The molecular formula is C20H25N3O4S. The summed E-state index contributed by atoms with van der Waals surface area (Å²) in [5, 5.41) is 5.58. The van der Waals surface area contributed by atoms with E-state index in [1.54, 1.807) is 24.3 Å². The van der Waals surface area contributed by atoms with Crippen molar-refractivity contribution in [3.05, 3.63) is 59.7 Å². The summed E-state index contributed by atoms with van der Waals surface area (Å²) in [6.07, 6.45) is 0. The lowest BCUT2D eigenvalue weighted by Gasteiger charge is -2.21. The zero-order valence-electron chi connectivity index (χ0n) is 16.6. The maximum Gasteiger partial charge on any atom is 0.255 e. The van der Waals surface area contributed by atoms with Crippen LogP contribution in [0.1, 0.15) is 41.5 Å². The van der Waals surface area contributed by atoms with Gasteiger partial charge in [0, 0.05) is 25.2 Å². The molecule has 0 aliphatic carbocycles. The summed E-state index contributed by atoms with van der Waals surface area (Å²) < 4.78 is 25.3. The second kappa shape index (κ2) is 8.12. The Labute approximate surface area is 165 Å². The molecular weight excluding hydrogens is 378 g/mol. The summed E-state index contributed by atoms with van der Waals surface area (Å²) >= 11 is 0. The van der Waals surface area contributed by atoms with Crippen molar-refractivity contribution >= 4 is 27.5 Å². The van der Waals surface area contributed by atoms with Crippen molar-refractivity contribution in [2.75, 3.05) is 19.4 Å². The Bertz CT molecular complexity index is 975. The van der Waals surface area contributed by atoms with E-state index < -0.39 is 21.5 Å². The molecule has 0 saturated carbocycles. The van der Waals surface area contributed by atoms with Gasteiger partial charge in [-0.1, -0.05) is 12.1 Å². The van der Waals surface area contributed by atoms with Crippen LogP contribution in [-0.2, 0) is 10.0 Å². The molecule has 0 fully saturated rings. The molecule has 0 aliphatic rings. The fourth-order valence-electron chi connectivity index (χ4n) is 2.38. The van der Waals surface area contributed by atoms with Crippen molar-refractivity contribution in [1.82, 2.24) is 9.62 Å². The summed E-state index contributed by atoms with van der Waals surface area (Å²) in [5.41, 5.74) is 0.586. The molecule has 2 amide bonds. The smallest absolute Gasteiger partial charge is 0.255 e. The van der Waals surface area contributed by atoms with Crippen molar-refractivity contribution in [2.45, 2.75) is 31.2 Å². The average molecular weight is 404 g/mol. The average Bonchev–Trinajstić information content (AvgIpc) is 2.60. The van der Waals surface area contributed by atoms with E-state index in [-0.39, 0.29) is 16.4 Å². The number of amides is 2. The molecule has 0 saturated heterocycles. The van der Waals surface area contributed by atoms with Crippen molar-refractivity contribution < 1.29 is 18.0 Å². The van der Waals surface area contributed by atoms with Gasteiger partial charge in [-0.05, 0) is 57.2 Å². The van der Waals surface area contributed by atoms with Gasteiger partial charge < -0.3 is 10.6 Å². The summed E-state index contributed by atoms with van der Waals surface area (Å²) in [7, 11) is -0.685. The third-order valence-electron chi connectivity index (χ3n) is 3.80. The molecule has 0 unspecified atom stereocenters. The van der Waals surface area contributed by atoms with E-state index in [0.717, 1.165) is 4.31 Å². The summed E-state index contributed by atoms with van der Waals surface area (Å²) in [5.74, 6) is -0.736. The first-order chi connectivity index (χ1) is 12.9. The van der Waals surface area contributed by atoms with Gasteiger partial charge in [-0.25, -0.2) is 12.7 Å². The molecule has 0 aromatic heterocycles. The first kappa shape index (κ1) is 21.6. The van der Waals surface area contributed by atoms with E-state index in [9.17, 15) is 18.0 Å². The first-order valence-electron chi connectivity index (χ1n) is 8.67. The molecule has 0 heterocycles. The van der Waals surface area contributed by atoms with Gasteiger partial charge in [0.15, 0.2) is 0 Å². The molecule has 0 spiro atoms. The Morgan fingerprint density at radius 2 is 1.46 bits per heavy atom. The number of nitrogens with one attached hydrogen (secondary N) is 2. The highest BCUT2D eigenvalue weighted by Gasteiger charge is 2.20. The Morgan fingerprint density at radius 1 is 0.893 bits per heavy atom. The zero-order chi connectivity index (χ0) is 21.1. The maximum absolute atomic E-state index is 12.6. The number of rotatable bonds is 5. The molecule has 0 aliphatic heterocycles. The SMILES string of the molecule is CN(C)S(=O)(=O)c1ccc(C(=O)Nc2ccccc2C(=O)NC(C)(C)C)cc1. The lowest BCUT2D eigenvalue weighted by Crippen LogP contribution is -2.40. The molecule has 28 heavy (non-hydrogen) atoms. The first-order valence-corrected chi connectivity index (χ1v) is 10.1.